The molecule has 0 aromatic heterocycles. The first-order valence-electron chi connectivity index (χ1n) is 7.65. The van der Waals surface area contributed by atoms with Crippen molar-refractivity contribution >= 4 is 23.1 Å². The summed E-state index contributed by atoms with van der Waals surface area (Å²) in [5, 5.41) is 0. The minimum atomic E-state index is 0.712. The summed E-state index contributed by atoms with van der Waals surface area (Å²) in [4.78, 5) is 2.29. The van der Waals surface area contributed by atoms with Crippen LogP contribution >= 0.6 is 11.8 Å². The molecule has 21 heavy (non-hydrogen) atoms. The van der Waals surface area contributed by atoms with Crippen LogP contribution in [0.3, 0.4) is 0 Å². The van der Waals surface area contributed by atoms with E-state index in [2.05, 4.69) is 24.3 Å². The fourth-order valence-electron chi connectivity index (χ4n) is 3.03. The van der Waals surface area contributed by atoms with E-state index in [-0.39, 0.29) is 0 Å². The monoisotopic (exact) mass is 298 g/mol. The topological polar surface area (TPSA) is 52.0 Å². The van der Waals surface area contributed by atoms with Gasteiger partial charge < -0.3 is 11.5 Å². The maximum absolute atomic E-state index is 6.02. The van der Waals surface area contributed by atoms with Gasteiger partial charge in [0.15, 0.2) is 0 Å². The molecule has 4 N–H and O–H groups in total. The summed E-state index contributed by atoms with van der Waals surface area (Å²) in [6.45, 7) is 0. The van der Waals surface area contributed by atoms with Gasteiger partial charge in [-0.15, -0.1) is 0 Å². The molecule has 110 valence electrons. The van der Waals surface area contributed by atoms with Crippen LogP contribution in [0.25, 0.3) is 0 Å². The molecule has 0 saturated heterocycles. The summed E-state index contributed by atoms with van der Waals surface area (Å²) in [6, 6.07) is 14.7. The van der Waals surface area contributed by atoms with Crippen LogP contribution in [-0.2, 0) is 0 Å². The molecule has 3 rings (SSSR count). The first-order chi connectivity index (χ1) is 10.2. The molecule has 1 aliphatic carbocycles. The molecular weight excluding hydrogens is 276 g/mol. The van der Waals surface area contributed by atoms with Gasteiger partial charge in [0.2, 0.25) is 0 Å². The average molecular weight is 298 g/mol. The van der Waals surface area contributed by atoms with Gasteiger partial charge in [-0.25, -0.2) is 0 Å². The average Bonchev–Trinajstić information content (AvgIpc) is 2.52. The second-order valence-electron chi connectivity index (χ2n) is 5.80. The Morgan fingerprint density at radius 1 is 0.857 bits per heavy atom. The Balaban J connectivity index is 1.71. The fraction of sp³-hybridized carbons (Fsp3) is 0.333. The van der Waals surface area contributed by atoms with E-state index < -0.39 is 0 Å². The number of nitrogen functional groups attached to an aromatic ring is 2. The van der Waals surface area contributed by atoms with Crippen LogP contribution in [0, 0.1) is 0 Å². The zero-order chi connectivity index (χ0) is 14.7. The van der Waals surface area contributed by atoms with Crippen molar-refractivity contribution in [1.82, 2.24) is 0 Å². The van der Waals surface area contributed by atoms with Gasteiger partial charge in [-0.05, 0) is 54.7 Å². The third kappa shape index (κ3) is 3.53. The number of hydrogen-bond donors (Lipinski definition) is 2. The Hall–Kier alpha value is -1.61. The lowest BCUT2D eigenvalue weighted by Gasteiger charge is -2.22. The minimum Gasteiger partial charge on any atom is -0.399 e. The quantitative estimate of drug-likeness (QED) is 0.780. The molecule has 0 aliphatic heterocycles. The molecule has 0 amide bonds. The van der Waals surface area contributed by atoms with Gasteiger partial charge >= 0.3 is 0 Å². The SMILES string of the molecule is Nc1ccc(Sc2ccc(C3CCCCC3)cc2)c(N)c1. The number of hydrogen-bond acceptors (Lipinski definition) is 3. The van der Waals surface area contributed by atoms with Gasteiger partial charge in [-0.1, -0.05) is 43.2 Å². The van der Waals surface area contributed by atoms with Crippen LogP contribution in [0.4, 0.5) is 11.4 Å². The molecule has 0 radical (unpaired) electrons. The van der Waals surface area contributed by atoms with E-state index in [9.17, 15) is 0 Å². The molecule has 0 heterocycles. The third-order valence-electron chi connectivity index (χ3n) is 4.22. The van der Waals surface area contributed by atoms with Crippen molar-refractivity contribution in [3.05, 3.63) is 48.0 Å². The van der Waals surface area contributed by atoms with Crippen molar-refractivity contribution in [2.24, 2.45) is 0 Å². The van der Waals surface area contributed by atoms with E-state index in [1.165, 1.54) is 42.6 Å². The van der Waals surface area contributed by atoms with Crippen LogP contribution < -0.4 is 11.5 Å². The largest absolute Gasteiger partial charge is 0.399 e. The molecule has 3 heteroatoms. The molecule has 1 saturated carbocycles. The number of rotatable bonds is 3. The Morgan fingerprint density at radius 2 is 1.57 bits per heavy atom. The molecule has 1 aliphatic rings. The Kier molecular flexibility index (Phi) is 4.39. The van der Waals surface area contributed by atoms with Crippen molar-refractivity contribution in [3.63, 3.8) is 0 Å². The molecule has 2 aromatic rings. The summed E-state index contributed by atoms with van der Waals surface area (Å²) < 4.78 is 0. The van der Waals surface area contributed by atoms with Gasteiger partial charge in [0.05, 0.1) is 0 Å². The Morgan fingerprint density at radius 3 is 2.24 bits per heavy atom. The second-order valence-corrected chi connectivity index (χ2v) is 6.92. The van der Waals surface area contributed by atoms with E-state index in [1.54, 1.807) is 11.8 Å². The Bertz CT molecular complexity index is 601. The van der Waals surface area contributed by atoms with Crippen LogP contribution in [0.1, 0.15) is 43.6 Å². The molecule has 0 spiro atoms. The zero-order valence-electron chi connectivity index (χ0n) is 12.2. The van der Waals surface area contributed by atoms with Gasteiger partial charge in [0.1, 0.15) is 0 Å². The minimum absolute atomic E-state index is 0.712. The summed E-state index contributed by atoms with van der Waals surface area (Å²) >= 11 is 1.70. The van der Waals surface area contributed by atoms with E-state index in [1.807, 2.05) is 18.2 Å². The molecular formula is C18H22N2S. The van der Waals surface area contributed by atoms with Crippen molar-refractivity contribution in [2.45, 2.75) is 47.8 Å². The van der Waals surface area contributed by atoms with Crippen molar-refractivity contribution in [3.8, 4) is 0 Å². The van der Waals surface area contributed by atoms with Gasteiger partial charge in [0.25, 0.3) is 0 Å². The van der Waals surface area contributed by atoms with E-state index in [4.69, 9.17) is 11.5 Å². The standard InChI is InChI=1S/C18H22N2S/c19-15-8-11-18(17(20)12-15)21-16-9-6-14(7-10-16)13-4-2-1-3-5-13/h6-13H,1-5,19-20H2. The zero-order valence-corrected chi connectivity index (χ0v) is 13.0. The van der Waals surface area contributed by atoms with Crippen molar-refractivity contribution in [2.75, 3.05) is 11.5 Å². The highest BCUT2D eigenvalue weighted by Crippen LogP contribution is 2.36. The lowest BCUT2D eigenvalue weighted by molar-refractivity contribution is 0.443. The second kappa shape index (κ2) is 6.44. The number of anilines is 2. The van der Waals surface area contributed by atoms with Crippen LogP contribution in [0.5, 0.6) is 0 Å². The summed E-state index contributed by atoms with van der Waals surface area (Å²) in [5.41, 5.74) is 14.7. The van der Waals surface area contributed by atoms with Gasteiger partial charge in [-0.2, -0.15) is 0 Å². The number of nitrogens with two attached hydrogens (primary N) is 2. The molecule has 2 nitrogen and oxygen atoms in total. The lowest BCUT2D eigenvalue weighted by Crippen LogP contribution is -2.04. The van der Waals surface area contributed by atoms with E-state index >= 15 is 0 Å². The summed E-state index contributed by atoms with van der Waals surface area (Å²) in [6.07, 6.45) is 6.85. The fourth-order valence-corrected chi connectivity index (χ4v) is 3.87. The van der Waals surface area contributed by atoms with Gasteiger partial charge in [0, 0.05) is 21.2 Å². The van der Waals surface area contributed by atoms with Crippen LogP contribution in [-0.4, -0.2) is 0 Å². The predicted octanol–water partition coefficient (Wildman–Crippen LogP) is 5.05. The van der Waals surface area contributed by atoms with E-state index in [0.717, 1.165) is 16.5 Å². The maximum Gasteiger partial charge on any atom is 0.0476 e. The molecule has 0 unspecified atom stereocenters. The van der Waals surface area contributed by atoms with Crippen molar-refractivity contribution in [1.29, 1.82) is 0 Å². The predicted molar refractivity (Wildman–Crippen MR) is 91.7 cm³/mol. The highest BCUT2D eigenvalue weighted by Gasteiger charge is 2.15. The highest BCUT2D eigenvalue weighted by molar-refractivity contribution is 7.99. The third-order valence-corrected chi connectivity index (χ3v) is 5.32. The first-order valence-corrected chi connectivity index (χ1v) is 8.47. The highest BCUT2D eigenvalue weighted by atomic mass is 32.2. The molecule has 1 fully saturated rings. The Labute approximate surface area is 130 Å². The van der Waals surface area contributed by atoms with Gasteiger partial charge in [-0.3, -0.25) is 0 Å². The number of benzene rings is 2. The van der Waals surface area contributed by atoms with Crippen LogP contribution in [0.2, 0.25) is 0 Å². The van der Waals surface area contributed by atoms with E-state index in [0.29, 0.717) is 5.69 Å². The lowest BCUT2D eigenvalue weighted by atomic mass is 9.84. The molecule has 0 atom stereocenters. The summed E-state index contributed by atoms with van der Waals surface area (Å²) in [7, 11) is 0. The van der Waals surface area contributed by atoms with Crippen LogP contribution in [0.15, 0.2) is 52.3 Å². The molecule has 0 bridgehead atoms. The smallest absolute Gasteiger partial charge is 0.0476 e. The van der Waals surface area contributed by atoms with Crippen molar-refractivity contribution < 1.29 is 0 Å². The first kappa shape index (κ1) is 14.3. The maximum atomic E-state index is 6.02. The molecule has 2 aromatic carbocycles. The normalized spacial score (nSPS) is 16.0. The summed E-state index contributed by atoms with van der Waals surface area (Å²) in [5.74, 6) is 0.763.